The van der Waals surface area contributed by atoms with Gasteiger partial charge in [0.15, 0.2) is 0 Å². The van der Waals surface area contributed by atoms with Gasteiger partial charge in [0, 0.05) is 61.3 Å². The molecule has 6 aromatic carbocycles. The first-order chi connectivity index (χ1) is 31.3. The molecule has 3 heterocycles. The quantitative estimate of drug-likeness (QED) is 0.155. The van der Waals surface area contributed by atoms with E-state index in [0.29, 0.717) is 11.5 Å². The molecule has 0 aliphatic carbocycles. The zero-order valence-corrected chi connectivity index (χ0v) is 45.0. The summed E-state index contributed by atoms with van der Waals surface area (Å²) >= 11 is 0. The molecule has 0 bridgehead atoms. The summed E-state index contributed by atoms with van der Waals surface area (Å²) in [4.78, 5) is 9.50. The van der Waals surface area contributed by atoms with Gasteiger partial charge in [0.1, 0.15) is 5.82 Å². The topological polar surface area (TPSA) is 33.5 Å². The van der Waals surface area contributed by atoms with E-state index >= 15 is 0 Å². The van der Waals surface area contributed by atoms with Crippen molar-refractivity contribution in [2.45, 2.75) is 131 Å². The van der Waals surface area contributed by atoms with E-state index < -0.39 is 0 Å². The Bertz CT molecular complexity index is 3150. The molecule has 0 saturated heterocycles. The predicted molar refractivity (Wildman–Crippen MR) is 283 cm³/mol. The van der Waals surface area contributed by atoms with Gasteiger partial charge in [-0.1, -0.05) is 158 Å². The number of aromatic nitrogens is 2. The molecule has 354 valence electrons. The monoisotopic (exact) mass is 1080 g/mol. The third-order valence-corrected chi connectivity index (χ3v) is 13.3. The van der Waals surface area contributed by atoms with Crippen molar-refractivity contribution in [3.63, 3.8) is 0 Å². The van der Waals surface area contributed by atoms with Crippen LogP contribution in [0.15, 0.2) is 128 Å². The van der Waals surface area contributed by atoms with E-state index in [1.807, 2.05) is 18.3 Å². The Kier molecular flexibility index (Phi) is 12.5. The van der Waals surface area contributed by atoms with E-state index in [4.69, 9.17) is 9.72 Å². The molecule has 0 unspecified atom stereocenters. The van der Waals surface area contributed by atoms with Gasteiger partial charge >= 0.3 is 0 Å². The average molecular weight is 1080 g/mol. The number of anilines is 4. The maximum Gasteiger partial charge on any atom is 0.135 e. The maximum atomic E-state index is 6.74. The van der Waals surface area contributed by atoms with Crippen molar-refractivity contribution < 1.29 is 25.8 Å². The zero-order chi connectivity index (χ0) is 48.0. The summed E-state index contributed by atoms with van der Waals surface area (Å²) in [5, 5.41) is 2.24. The fourth-order valence-corrected chi connectivity index (χ4v) is 9.16. The molecular weight excluding hydrogens is 1010 g/mol. The number of nitrogens with zero attached hydrogens (tertiary/aromatic N) is 4. The maximum absolute atomic E-state index is 6.74. The van der Waals surface area contributed by atoms with E-state index in [2.05, 4.69) is 246 Å². The van der Waals surface area contributed by atoms with Gasteiger partial charge in [-0.3, -0.25) is 0 Å². The number of rotatable bonds is 6. The molecule has 1 aliphatic heterocycles. The molecule has 0 spiro atoms. The molecule has 0 radical (unpaired) electrons. The second kappa shape index (κ2) is 17.4. The second-order valence-electron chi connectivity index (χ2n) is 23.7. The van der Waals surface area contributed by atoms with Crippen molar-refractivity contribution in [1.29, 1.82) is 0 Å². The smallest absolute Gasteiger partial charge is 0.135 e. The number of hydrogen-bond acceptors (Lipinski definition) is 4. The number of pyridine rings is 1. The summed E-state index contributed by atoms with van der Waals surface area (Å²) in [6.45, 7) is 36.5. The molecule has 0 N–H and O–H groups in total. The van der Waals surface area contributed by atoms with Gasteiger partial charge in [-0.15, -0.1) is 48.1 Å². The standard InChI is InChI=1S/C62H67N4O.Pt/c1-58(2,3)41-24-26-49(52(35-41)62(13,14)15)40-23-28-54-56(31-40)64(39-65(54)46-33-43(60(7,8)9)32-44(34-46)61(10,11)12)45-19-18-20-47(37-45)67-48-25-27-51-50-21-16-17-22-53(50)66(55(51)38-48)57-36-42(29-30-63-57)59(4,5)6;/h16-36,39H,1-15H3;/q-3;. The first-order valence-electron chi connectivity index (χ1n) is 23.9. The number of ether oxygens (including phenoxy) is 1. The van der Waals surface area contributed by atoms with Crippen LogP contribution in [0.4, 0.5) is 22.7 Å². The minimum Gasteiger partial charge on any atom is -0.509 e. The molecule has 1 aliphatic rings. The summed E-state index contributed by atoms with van der Waals surface area (Å²) < 4.78 is 8.95. The molecule has 9 rings (SSSR count). The van der Waals surface area contributed by atoms with Crippen LogP contribution in [0.1, 0.15) is 132 Å². The Labute approximate surface area is 420 Å². The van der Waals surface area contributed by atoms with Crippen LogP contribution in [0, 0.1) is 18.8 Å². The van der Waals surface area contributed by atoms with Crippen LogP contribution in [0.2, 0.25) is 0 Å². The average Bonchev–Trinajstić information content (AvgIpc) is 3.80. The molecule has 0 fully saturated rings. The molecular formula is C62H67N4OPt-3. The van der Waals surface area contributed by atoms with E-state index in [0.717, 1.165) is 50.4 Å². The van der Waals surface area contributed by atoms with Gasteiger partial charge < -0.3 is 19.1 Å². The van der Waals surface area contributed by atoms with Gasteiger partial charge in [0.25, 0.3) is 0 Å². The second-order valence-corrected chi connectivity index (χ2v) is 23.7. The van der Waals surface area contributed by atoms with E-state index in [1.165, 1.54) is 38.9 Å². The molecule has 6 heteroatoms. The fraction of sp³-hybridized carbons (Fsp3) is 0.323. The van der Waals surface area contributed by atoms with E-state index in [9.17, 15) is 0 Å². The van der Waals surface area contributed by atoms with Crippen molar-refractivity contribution in [1.82, 2.24) is 9.55 Å². The number of fused-ring (bicyclic) bond motifs is 4. The first-order valence-corrected chi connectivity index (χ1v) is 23.9. The number of benzene rings is 6. The van der Waals surface area contributed by atoms with E-state index in [-0.39, 0.29) is 48.1 Å². The van der Waals surface area contributed by atoms with Gasteiger partial charge in [0.2, 0.25) is 0 Å². The third kappa shape index (κ3) is 9.41. The number of hydrogen-bond donors (Lipinski definition) is 0. The van der Waals surface area contributed by atoms with Crippen LogP contribution in [-0.2, 0) is 48.1 Å². The molecule has 0 saturated carbocycles. The third-order valence-electron chi connectivity index (χ3n) is 13.3. The van der Waals surface area contributed by atoms with Crippen molar-refractivity contribution in [2.24, 2.45) is 0 Å². The van der Waals surface area contributed by atoms with Crippen molar-refractivity contribution in [3.8, 4) is 28.4 Å². The predicted octanol–water partition coefficient (Wildman–Crippen LogP) is 17.1. The molecule has 68 heavy (non-hydrogen) atoms. The Morgan fingerprint density at radius 1 is 0.500 bits per heavy atom. The van der Waals surface area contributed by atoms with Crippen LogP contribution in [0.25, 0.3) is 38.8 Å². The molecule has 2 aromatic heterocycles. The Hall–Kier alpha value is -5.64. The molecule has 0 atom stereocenters. The first kappa shape index (κ1) is 48.8. The van der Waals surface area contributed by atoms with Gasteiger partial charge in [-0.05, 0) is 114 Å². The van der Waals surface area contributed by atoms with Crippen molar-refractivity contribution >= 4 is 44.6 Å². The fourth-order valence-electron chi connectivity index (χ4n) is 9.16. The minimum atomic E-state index is -0.0645. The van der Waals surface area contributed by atoms with Crippen LogP contribution in [-0.4, -0.2) is 9.55 Å². The summed E-state index contributed by atoms with van der Waals surface area (Å²) in [7, 11) is 0. The molecule has 8 aromatic rings. The normalized spacial score (nSPS) is 13.6. The molecule has 0 amide bonds. The minimum absolute atomic E-state index is 0. The number of para-hydroxylation sites is 1. The summed E-state index contributed by atoms with van der Waals surface area (Å²) in [6.07, 6.45) is 1.91. The van der Waals surface area contributed by atoms with E-state index in [1.54, 1.807) is 0 Å². The largest absolute Gasteiger partial charge is 0.509 e. The van der Waals surface area contributed by atoms with Crippen LogP contribution in [0.5, 0.6) is 11.5 Å². The van der Waals surface area contributed by atoms with Gasteiger partial charge in [-0.25, -0.2) is 4.98 Å². The zero-order valence-electron chi connectivity index (χ0n) is 42.7. The summed E-state index contributed by atoms with van der Waals surface area (Å²) in [5.74, 6) is 2.06. The molecule has 5 nitrogen and oxygen atoms in total. The summed E-state index contributed by atoms with van der Waals surface area (Å²) in [5.41, 5.74) is 15.0. The van der Waals surface area contributed by atoms with Gasteiger partial charge in [-0.2, -0.15) is 12.1 Å². The Balaban J connectivity index is 0.00000625. The SMILES string of the molecule is CC(C)(C)c1cc(N2[CH-]N(c3[c-]c(Oc4[c-]c5c(cc4)c4ccccc4n5-c4cc(C(C)(C)C)ccn4)ccc3)c3cc(-c4ccc(C(C)(C)C)cc4C(C)(C)C)ccc32)cc(C(C)(C)C)c1.[Pt]. The van der Waals surface area contributed by atoms with Crippen LogP contribution < -0.4 is 14.5 Å². The van der Waals surface area contributed by atoms with Crippen LogP contribution in [0.3, 0.4) is 0 Å². The van der Waals surface area contributed by atoms with Crippen molar-refractivity contribution in [3.05, 3.63) is 174 Å². The van der Waals surface area contributed by atoms with Crippen molar-refractivity contribution in [2.75, 3.05) is 9.80 Å². The van der Waals surface area contributed by atoms with Gasteiger partial charge in [0.05, 0.1) is 0 Å². The van der Waals surface area contributed by atoms with Crippen LogP contribution >= 0.6 is 0 Å². The Morgan fingerprint density at radius 3 is 1.81 bits per heavy atom. The summed E-state index contributed by atoms with van der Waals surface area (Å²) in [6, 6.07) is 51.6. The Morgan fingerprint density at radius 2 is 1.15 bits per heavy atom.